The van der Waals surface area contributed by atoms with Crippen molar-refractivity contribution in [2.75, 3.05) is 0 Å². The van der Waals surface area contributed by atoms with Crippen LogP contribution in [0.25, 0.3) is 0 Å². The van der Waals surface area contributed by atoms with Crippen molar-refractivity contribution in [3.05, 3.63) is 0 Å². The van der Waals surface area contributed by atoms with Crippen molar-refractivity contribution in [3.8, 4) is 0 Å². The summed E-state index contributed by atoms with van der Waals surface area (Å²) >= 11 is 0. The molecule has 0 spiro atoms. The van der Waals surface area contributed by atoms with Crippen LogP contribution in [0.15, 0.2) is 0 Å². The van der Waals surface area contributed by atoms with Gasteiger partial charge in [0, 0.05) is 6.42 Å². The number of hydrogen-bond acceptors (Lipinski definition) is 2. The predicted molar refractivity (Wildman–Crippen MR) is 32.8 cm³/mol. The fourth-order valence-electron chi connectivity index (χ4n) is 0.547. The lowest BCUT2D eigenvalue weighted by Gasteiger charge is -2.03. The number of rotatable bonds is 5. The zero-order valence-corrected chi connectivity index (χ0v) is 5.97. The molecule has 1 unspecified atom stereocenters. The van der Waals surface area contributed by atoms with E-state index in [0.29, 0.717) is 0 Å². The van der Waals surface area contributed by atoms with E-state index in [-0.39, 0.29) is 0 Å². The first-order chi connectivity index (χ1) is 5.43. The number of carboxylic acids is 1. The fraction of sp³-hybridized carbons (Fsp3) is 0.667. The molecule has 0 aliphatic carbocycles. The Morgan fingerprint density at radius 2 is 1.75 bits per heavy atom. The third-order valence-corrected chi connectivity index (χ3v) is 1.04. The van der Waals surface area contributed by atoms with Gasteiger partial charge >= 0.3 is 5.97 Å². The molecule has 12 heavy (non-hydrogen) atoms. The average molecular weight is 184 g/mol. The van der Waals surface area contributed by atoms with Crippen LogP contribution >= 0.6 is 0 Å². The van der Waals surface area contributed by atoms with Crippen molar-refractivity contribution in [3.63, 3.8) is 0 Å². The van der Waals surface area contributed by atoms with E-state index in [0.717, 1.165) is 0 Å². The van der Waals surface area contributed by atoms with Gasteiger partial charge < -0.3 is 5.11 Å². The molecular weight excluding hydrogens is 177 g/mol. The highest BCUT2D eigenvalue weighted by Crippen LogP contribution is 2.10. The Hall–Kier alpha value is -1.07. The molecule has 0 aliphatic heterocycles. The molecule has 6 heteroatoms. The second kappa shape index (κ2) is 4.74. The summed E-state index contributed by atoms with van der Waals surface area (Å²) in [7, 11) is 0. The summed E-state index contributed by atoms with van der Waals surface area (Å²) in [5, 5.41) is 8.00. The van der Waals surface area contributed by atoms with E-state index in [1.807, 2.05) is 0 Å². The van der Waals surface area contributed by atoms with Crippen LogP contribution in [0.1, 0.15) is 12.8 Å². The quantitative estimate of drug-likeness (QED) is 0.649. The lowest BCUT2D eigenvalue weighted by atomic mass is 10.1. The minimum absolute atomic E-state index is 0.910. The van der Waals surface area contributed by atoms with Crippen LogP contribution in [0, 0.1) is 0 Å². The van der Waals surface area contributed by atoms with E-state index >= 15 is 0 Å². The topological polar surface area (TPSA) is 54.4 Å². The van der Waals surface area contributed by atoms with Gasteiger partial charge in [-0.2, -0.15) is 0 Å². The summed E-state index contributed by atoms with van der Waals surface area (Å²) in [5.74, 6) is -2.48. The highest BCUT2D eigenvalue weighted by molar-refractivity contribution is 5.94. The number of Topliss-reactive ketones (excluding diaryl/α,β-unsaturated/α-hetero) is 1. The largest absolute Gasteiger partial charge is 0.481 e. The van der Waals surface area contributed by atoms with Crippen molar-refractivity contribution in [1.82, 2.24) is 0 Å². The van der Waals surface area contributed by atoms with Crippen LogP contribution in [0.3, 0.4) is 0 Å². The number of carbonyl (C=O) groups excluding carboxylic acids is 1. The Balaban J connectivity index is 3.77. The van der Waals surface area contributed by atoms with Crippen LogP contribution in [-0.4, -0.2) is 29.5 Å². The van der Waals surface area contributed by atoms with E-state index in [1.165, 1.54) is 0 Å². The van der Waals surface area contributed by atoms with Gasteiger partial charge in [-0.1, -0.05) is 0 Å². The number of ketones is 1. The fourth-order valence-corrected chi connectivity index (χ4v) is 0.547. The number of aliphatic carboxylic acids is 1. The molecular formula is C6H7F3O3. The van der Waals surface area contributed by atoms with Gasteiger partial charge in [0.15, 0.2) is 6.17 Å². The van der Waals surface area contributed by atoms with Crippen molar-refractivity contribution in [2.45, 2.75) is 25.4 Å². The van der Waals surface area contributed by atoms with Crippen LogP contribution < -0.4 is 0 Å². The average Bonchev–Trinajstić information content (AvgIpc) is 1.84. The van der Waals surface area contributed by atoms with E-state index in [4.69, 9.17) is 5.11 Å². The van der Waals surface area contributed by atoms with Crippen molar-refractivity contribution >= 4 is 11.8 Å². The molecule has 0 saturated heterocycles. The zero-order chi connectivity index (χ0) is 9.72. The highest BCUT2D eigenvalue weighted by atomic mass is 19.3. The summed E-state index contributed by atoms with van der Waals surface area (Å²) in [6.07, 6.45) is -7.74. The first-order valence-electron chi connectivity index (χ1n) is 3.09. The minimum atomic E-state index is -3.23. The van der Waals surface area contributed by atoms with Gasteiger partial charge in [-0.05, 0) is 0 Å². The zero-order valence-electron chi connectivity index (χ0n) is 5.97. The summed E-state index contributed by atoms with van der Waals surface area (Å²) in [4.78, 5) is 20.2. The molecule has 0 rings (SSSR count). The summed E-state index contributed by atoms with van der Waals surface area (Å²) in [6, 6.07) is 0. The monoisotopic (exact) mass is 184 g/mol. The third kappa shape index (κ3) is 4.70. The second-order valence-electron chi connectivity index (χ2n) is 2.16. The van der Waals surface area contributed by atoms with Crippen LogP contribution in [0.2, 0.25) is 0 Å². The Morgan fingerprint density at radius 1 is 1.25 bits per heavy atom. The van der Waals surface area contributed by atoms with E-state index in [1.54, 1.807) is 0 Å². The maximum atomic E-state index is 12.1. The third-order valence-electron chi connectivity index (χ3n) is 1.04. The van der Waals surface area contributed by atoms with Crippen LogP contribution in [0.5, 0.6) is 0 Å². The van der Waals surface area contributed by atoms with Gasteiger partial charge in [0.05, 0.1) is 0 Å². The molecule has 0 fully saturated rings. The molecule has 0 aromatic rings. The van der Waals surface area contributed by atoms with Gasteiger partial charge in [0.2, 0.25) is 0 Å². The summed E-state index contributed by atoms with van der Waals surface area (Å²) in [5.41, 5.74) is 0. The normalized spacial score (nSPS) is 13.0. The molecule has 0 saturated carbocycles. The smallest absolute Gasteiger partial charge is 0.310 e. The molecule has 0 heterocycles. The van der Waals surface area contributed by atoms with Gasteiger partial charge in [-0.3, -0.25) is 9.59 Å². The van der Waals surface area contributed by atoms with Gasteiger partial charge in [-0.15, -0.1) is 0 Å². The van der Waals surface area contributed by atoms with Crippen molar-refractivity contribution in [1.29, 1.82) is 0 Å². The molecule has 0 aromatic heterocycles. The molecule has 0 amide bonds. The number of alkyl halides is 3. The maximum absolute atomic E-state index is 12.1. The summed E-state index contributed by atoms with van der Waals surface area (Å²) in [6.45, 7) is 0. The summed E-state index contributed by atoms with van der Waals surface area (Å²) < 4.78 is 35.0. The lowest BCUT2D eigenvalue weighted by Crippen LogP contribution is -2.18. The van der Waals surface area contributed by atoms with Crippen LogP contribution in [0.4, 0.5) is 13.2 Å². The van der Waals surface area contributed by atoms with Crippen molar-refractivity contribution < 1.29 is 27.9 Å². The predicted octanol–water partition coefficient (Wildman–Crippen LogP) is 1.02. The maximum Gasteiger partial charge on any atom is 0.310 e. The molecule has 70 valence electrons. The molecule has 3 nitrogen and oxygen atoms in total. The lowest BCUT2D eigenvalue weighted by molar-refractivity contribution is -0.140. The number of carboxylic acid groups (broad SMARTS) is 1. The van der Waals surface area contributed by atoms with Gasteiger partial charge in [-0.25, -0.2) is 13.2 Å². The minimum Gasteiger partial charge on any atom is -0.481 e. The standard InChI is InChI=1S/C6H7F3O3/c7-4(6(8)9)1-3(10)2-5(11)12/h4,6H,1-2H2,(H,11,12). The van der Waals surface area contributed by atoms with E-state index < -0.39 is 37.2 Å². The number of carbonyl (C=O) groups is 2. The molecule has 1 atom stereocenters. The van der Waals surface area contributed by atoms with Crippen LogP contribution in [-0.2, 0) is 9.59 Å². The Labute approximate surface area is 66.2 Å². The van der Waals surface area contributed by atoms with Gasteiger partial charge in [0.25, 0.3) is 6.43 Å². The molecule has 1 N–H and O–H groups in total. The second-order valence-corrected chi connectivity index (χ2v) is 2.16. The first-order valence-corrected chi connectivity index (χ1v) is 3.09. The van der Waals surface area contributed by atoms with E-state index in [9.17, 15) is 22.8 Å². The molecule has 0 aromatic carbocycles. The Bertz CT molecular complexity index is 181. The number of halogens is 3. The molecule has 0 bridgehead atoms. The van der Waals surface area contributed by atoms with Gasteiger partial charge in [0.1, 0.15) is 12.2 Å². The first kappa shape index (κ1) is 10.9. The van der Waals surface area contributed by atoms with Crippen molar-refractivity contribution in [2.24, 2.45) is 0 Å². The Kier molecular flexibility index (Phi) is 4.31. The Morgan fingerprint density at radius 3 is 2.08 bits per heavy atom. The SMILES string of the molecule is O=C(O)CC(=O)CC(F)C(F)F. The molecule has 0 radical (unpaired) electrons. The highest BCUT2D eigenvalue weighted by Gasteiger charge is 2.23. The number of hydrogen-bond donors (Lipinski definition) is 1. The van der Waals surface area contributed by atoms with E-state index in [2.05, 4.69) is 0 Å². The molecule has 0 aliphatic rings.